The minimum atomic E-state index is -1.14. The first-order valence-corrected chi connectivity index (χ1v) is 10.1. The molecule has 0 saturated carbocycles. The number of aryl methyl sites for hydroxylation is 1. The third-order valence-corrected chi connectivity index (χ3v) is 5.53. The molecule has 0 aliphatic heterocycles. The van der Waals surface area contributed by atoms with Gasteiger partial charge in [0.25, 0.3) is 5.91 Å². The van der Waals surface area contributed by atoms with E-state index in [2.05, 4.69) is 10.3 Å². The molecular formula is C24H22N2O6. The molecule has 0 spiro atoms. The highest BCUT2D eigenvalue weighted by molar-refractivity contribution is 5.87. The zero-order valence-corrected chi connectivity index (χ0v) is 17.6. The summed E-state index contributed by atoms with van der Waals surface area (Å²) in [5.41, 5.74) is 2.99. The van der Waals surface area contributed by atoms with Crippen LogP contribution in [-0.2, 0) is 16.0 Å². The number of fused-ring (bicyclic) bond motifs is 2. The van der Waals surface area contributed by atoms with Gasteiger partial charge in [0.2, 0.25) is 0 Å². The van der Waals surface area contributed by atoms with Gasteiger partial charge in [-0.25, -0.2) is 9.59 Å². The van der Waals surface area contributed by atoms with Crippen LogP contribution in [0.25, 0.3) is 21.9 Å². The van der Waals surface area contributed by atoms with Gasteiger partial charge in [-0.1, -0.05) is 18.2 Å². The molecule has 8 nitrogen and oxygen atoms in total. The SMILES string of the molecule is Cc1c(C)c2ccc(OCC(=O)N[C@@H](Cc3c[nH]c4ccccc34)C(=O)O)cc2oc1=O. The van der Waals surface area contributed by atoms with Crippen LogP contribution in [0.3, 0.4) is 0 Å². The van der Waals surface area contributed by atoms with Gasteiger partial charge in [-0.2, -0.15) is 0 Å². The average molecular weight is 434 g/mol. The van der Waals surface area contributed by atoms with Crippen LogP contribution in [0.5, 0.6) is 5.75 Å². The largest absolute Gasteiger partial charge is 0.484 e. The maximum atomic E-state index is 12.4. The number of nitrogens with one attached hydrogen (secondary N) is 2. The molecule has 3 N–H and O–H groups in total. The third-order valence-electron chi connectivity index (χ3n) is 5.53. The molecule has 32 heavy (non-hydrogen) atoms. The minimum Gasteiger partial charge on any atom is -0.484 e. The summed E-state index contributed by atoms with van der Waals surface area (Å²) < 4.78 is 10.8. The van der Waals surface area contributed by atoms with Gasteiger partial charge in [0, 0.05) is 40.5 Å². The molecule has 4 aromatic rings. The van der Waals surface area contributed by atoms with Crippen LogP contribution in [-0.4, -0.2) is 34.6 Å². The number of benzene rings is 2. The zero-order valence-electron chi connectivity index (χ0n) is 17.6. The Bertz CT molecular complexity index is 1380. The Morgan fingerprint density at radius 1 is 1.12 bits per heavy atom. The van der Waals surface area contributed by atoms with Crippen molar-refractivity contribution in [3.63, 3.8) is 0 Å². The van der Waals surface area contributed by atoms with Crippen molar-refractivity contribution < 1.29 is 23.8 Å². The molecule has 1 atom stereocenters. The van der Waals surface area contributed by atoms with E-state index >= 15 is 0 Å². The fourth-order valence-corrected chi connectivity index (χ4v) is 3.62. The number of para-hydroxylation sites is 1. The summed E-state index contributed by atoms with van der Waals surface area (Å²) in [6, 6.07) is 11.4. The zero-order chi connectivity index (χ0) is 22.8. The molecule has 2 aromatic heterocycles. The predicted octanol–water partition coefficient (Wildman–Crippen LogP) is 3.08. The Morgan fingerprint density at radius 2 is 1.91 bits per heavy atom. The number of carboxylic acid groups (broad SMARTS) is 1. The van der Waals surface area contributed by atoms with Crippen molar-refractivity contribution >= 4 is 33.7 Å². The number of hydrogen-bond acceptors (Lipinski definition) is 5. The second kappa shape index (κ2) is 8.58. The molecule has 0 unspecified atom stereocenters. The van der Waals surface area contributed by atoms with Crippen LogP contribution in [0.2, 0.25) is 0 Å². The van der Waals surface area contributed by atoms with Gasteiger partial charge >= 0.3 is 11.6 Å². The van der Waals surface area contributed by atoms with Crippen LogP contribution in [0.15, 0.2) is 57.9 Å². The Labute approximate surface area is 182 Å². The lowest BCUT2D eigenvalue weighted by Gasteiger charge is -2.15. The predicted molar refractivity (Wildman–Crippen MR) is 119 cm³/mol. The first-order valence-electron chi connectivity index (χ1n) is 10.1. The van der Waals surface area contributed by atoms with Crippen LogP contribution >= 0.6 is 0 Å². The van der Waals surface area contributed by atoms with E-state index in [0.29, 0.717) is 16.9 Å². The van der Waals surface area contributed by atoms with Gasteiger partial charge < -0.3 is 24.6 Å². The molecule has 0 bridgehead atoms. The lowest BCUT2D eigenvalue weighted by Crippen LogP contribution is -2.44. The van der Waals surface area contributed by atoms with E-state index in [9.17, 15) is 19.5 Å². The fourth-order valence-electron chi connectivity index (χ4n) is 3.62. The van der Waals surface area contributed by atoms with Crippen LogP contribution < -0.4 is 15.7 Å². The Hall–Kier alpha value is -4.07. The van der Waals surface area contributed by atoms with Crippen molar-refractivity contribution in [1.82, 2.24) is 10.3 Å². The van der Waals surface area contributed by atoms with E-state index in [0.717, 1.165) is 27.4 Å². The number of hydrogen-bond donors (Lipinski definition) is 3. The number of aromatic amines is 1. The normalized spacial score (nSPS) is 12.1. The summed E-state index contributed by atoms with van der Waals surface area (Å²) in [5.74, 6) is -1.37. The monoisotopic (exact) mass is 434 g/mol. The number of carbonyl (C=O) groups excluding carboxylic acids is 1. The number of amides is 1. The summed E-state index contributed by atoms with van der Waals surface area (Å²) in [5, 5.41) is 13.8. The summed E-state index contributed by atoms with van der Waals surface area (Å²) in [7, 11) is 0. The summed E-state index contributed by atoms with van der Waals surface area (Å²) in [6.07, 6.45) is 1.88. The average Bonchev–Trinajstić information content (AvgIpc) is 3.18. The highest BCUT2D eigenvalue weighted by Crippen LogP contribution is 2.24. The number of ether oxygens (including phenoxy) is 1. The lowest BCUT2D eigenvalue weighted by atomic mass is 10.1. The Balaban J connectivity index is 1.43. The van der Waals surface area contributed by atoms with E-state index in [4.69, 9.17) is 9.15 Å². The van der Waals surface area contributed by atoms with Crippen LogP contribution in [0.1, 0.15) is 16.7 Å². The van der Waals surface area contributed by atoms with Crippen molar-refractivity contribution in [3.05, 3.63) is 75.8 Å². The number of H-pyrrole nitrogens is 1. The third kappa shape index (κ3) is 4.20. The van der Waals surface area contributed by atoms with Gasteiger partial charge in [0.1, 0.15) is 17.4 Å². The Morgan fingerprint density at radius 3 is 2.69 bits per heavy atom. The molecule has 4 rings (SSSR count). The summed E-state index contributed by atoms with van der Waals surface area (Å²) in [6.45, 7) is 3.16. The molecule has 0 aliphatic carbocycles. The van der Waals surface area contributed by atoms with E-state index in [1.807, 2.05) is 31.2 Å². The summed E-state index contributed by atoms with van der Waals surface area (Å²) in [4.78, 5) is 39.1. The topological polar surface area (TPSA) is 122 Å². The molecule has 0 radical (unpaired) electrons. The van der Waals surface area contributed by atoms with Crippen molar-refractivity contribution in [1.29, 1.82) is 0 Å². The van der Waals surface area contributed by atoms with Crippen molar-refractivity contribution in [2.75, 3.05) is 6.61 Å². The van der Waals surface area contributed by atoms with Crippen molar-refractivity contribution in [2.45, 2.75) is 26.3 Å². The molecular weight excluding hydrogens is 412 g/mol. The van der Waals surface area contributed by atoms with E-state index in [1.165, 1.54) is 6.07 Å². The number of carboxylic acids is 1. The smallest absolute Gasteiger partial charge is 0.339 e. The van der Waals surface area contributed by atoms with E-state index < -0.39 is 23.5 Å². The van der Waals surface area contributed by atoms with Gasteiger partial charge in [-0.15, -0.1) is 0 Å². The van der Waals surface area contributed by atoms with Gasteiger partial charge in [-0.05, 0) is 43.2 Å². The molecule has 1 amide bonds. The first-order chi connectivity index (χ1) is 15.3. The highest BCUT2D eigenvalue weighted by Gasteiger charge is 2.22. The first kappa shape index (κ1) is 21.2. The van der Waals surface area contributed by atoms with Crippen LogP contribution in [0, 0.1) is 13.8 Å². The number of carbonyl (C=O) groups is 2. The van der Waals surface area contributed by atoms with E-state index in [1.54, 1.807) is 25.3 Å². The lowest BCUT2D eigenvalue weighted by molar-refractivity contribution is -0.142. The molecule has 2 heterocycles. The fraction of sp³-hybridized carbons (Fsp3) is 0.208. The van der Waals surface area contributed by atoms with Gasteiger partial charge in [0.15, 0.2) is 6.61 Å². The van der Waals surface area contributed by atoms with Crippen molar-refractivity contribution in [3.8, 4) is 5.75 Å². The molecule has 0 fully saturated rings. The van der Waals surface area contributed by atoms with Crippen molar-refractivity contribution in [2.24, 2.45) is 0 Å². The number of aromatic nitrogens is 1. The molecule has 0 saturated heterocycles. The molecule has 0 aliphatic rings. The van der Waals surface area contributed by atoms with Crippen LogP contribution in [0.4, 0.5) is 0 Å². The standard InChI is InChI=1S/C24H22N2O6/c1-13-14(2)24(30)32-21-10-16(7-8-17(13)21)31-12-22(27)26-20(23(28)29)9-15-11-25-19-6-4-3-5-18(15)19/h3-8,10-11,20,25H,9,12H2,1-2H3,(H,26,27)(H,28,29)/t20-/m0/s1. The van der Waals surface area contributed by atoms with E-state index in [-0.39, 0.29) is 13.0 Å². The maximum Gasteiger partial charge on any atom is 0.339 e. The second-order valence-electron chi connectivity index (χ2n) is 7.61. The minimum absolute atomic E-state index is 0.130. The number of rotatable bonds is 7. The molecule has 164 valence electrons. The Kier molecular flexibility index (Phi) is 5.68. The highest BCUT2D eigenvalue weighted by atomic mass is 16.5. The number of aliphatic carboxylic acids is 1. The molecule has 8 heteroatoms. The second-order valence-corrected chi connectivity index (χ2v) is 7.61. The quantitative estimate of drug-likeness (QED) is 0.384. The molecule has 2 aromatic carbocycles. The van der Waals surface area contributed by atoms with Gasteiger partial charge in [0.05, 0.1) is 0 Å². The summed E-state index contributed by atoms with van der Waals surface area (Å²) >= 11 is 0. The van der Waals surface area contributed by atoms with Gasteiger partial charge in [-0.3, -0.25) is 4.79 Å². The maximum absolute atomic E-state index is 12.4.